The Kier molecular flexibility index (Phi) is 4.40. The molecule has 0 aliphatic carbocycles. The third-order valence-corrected chi connectivity index (χ3v) is 5.67. The number of para-hydroxylation sites is 1. The van der Waals surface area contributed by atoms with Gasteiger partial charge in [-0.05, 0) is 37.8 Å². The number of likely N-dealkylation sites (N-methyl/N-ethyl adjacent to an activating group) is 1. The van der Waals surface area contributed by atoms with Gasteiger partial charge in [0.15, 0.2) is 12.2 Å². The minimum atomic E-state index is -0.506. The van der Waals surface area contributed by atoms with Gasteiger partial charge in [0.1, 0.15) is 0 Å². The van der Waals surface area contributed by atoms with E-state index in [0.29, 0.717) is 18.4 Å². The third-order valence-electron chi connectivity index (χ3n) is 5.67. The van der Waals surface area contributed by atoms with Gasteiger partial charge in [-0.1, -0.05) is 32.0 Å². The standard InChI is InChI=1S/C21H27N5O2/c1-13(2)10-11-24-19(27)17-18(23(5)21(24)28)22-20-25(17)12-15(4)26(20)16-9-7-6-8-14(16)3/h6-9,12-13,17-18H,10-11H2,1-5H3. The first-order valence-electron chi connectivity index (χ1n) is 9.79. The van der Waals surface area contributed by atoms with E-state index >= 15 is 0 Å². The van der Waals surface area contributed by atoms with Gasteiger partial charge in [0.25, 0.3) is 5.91 Å². The van der Waals surface area contributed by atoms with Gasteiger partial charge in [-0.2, -0.15) is 0 Å². The number of imide groups is 1. The molecule has 148 valence electrons. The summed E-state index contributed by atoms with van der Waals surface area (Å²) >= 11 is 0. The first-order chi connectivity index (χ1) is 13.3. The predicted octanol–water partition coefficient (Wildman–Crippen LogP) is 2.98. The summed E-state index contributed by atoms with van der Waals surface area (Å²) in [4.78, 5) is 37.8. The Morgan fingerprint density at radius 3 is 2.54 bits per heavy atom. The van der Waals surface area contributed by atoms with E-state index in [2.05, 4.69) is 31.7 Å². The lowest BCUT2D eigenvalue weighted by atomic mass is 10.1. The lowest BCUT2D eigenvalue weighted by Gasteiger charge is -2.40. The molecule has 0 aromatic heterocycles. The summed E-state index contributed by atoms with van der Waals surface area (Å²) in [6, 6.07) is 7.34. The van der Waals surface area contributed by atoms with Gasteiger partial charge in [-0.3, -0.25) is 14.6 Å². The second-order valence-corrected chi connectivity index (χ2v) is 8.15. The number of rotatable bonds is 4. The molecule has 1 aromatic carbocycles. The van der Waals surface area contributed by atoms with E-state index in [4.69, 9.17) is 4.99 Å². The van der Waals surface area contributed by atoms with E-state index in [1.54, 1.807) is 11.9 Å². The molecule has 3 heterocycles. The highest BCUT2D eigenvalue weighted by Crippen LogP contribution is 2.37. The Bertz CT molecular complexity index is 891. The van der Waals surface area contributed by atoms with E-state index in [0.717, 1.165) is 23.4 Å². The summed E-state index contributed by atoms with van der Waals surface area (Å²) in [7, 11) is 1.73. The Morgan fingerprint density at radius 2 is 1.86 bits per heavy atom. The Morgan fingerprint density at radius 1 is 1.14 bits per heavy atom. The minimum absolute atomic E-state index is 0.164. The molecule has 3 aliphatic heterocycles. The van der Waals surface area contributed by atoms with Crippen molar-refractivity contribution < 1.29 is 9.59 Å². The minimum Gasteiger partial charge on any atom is -0.302 e. The molecular formula is C21H27N5O2. The van der Waals surface area contributed by atoms with Crippen LogP contribution in [0.3, 0.4) is 0 Å². The number of nitrogens with zero attached hydrogens (tertiary/aromatic N) is 5. The molecule has 0 N–H and O–H groups in total. The summed E-state index contributed by atoms with van der Waals surface area (Å²) < 4.78 is 0. The van der Waals surface area contributed by atoms with Crippen LogP contribution in [0.1, 0.15) is 32.8 Å². The number of hydrogen-bond acceptors (Lipinski definition) is 5. The van der Waals surface area contributed by atoms with Crippen LogP contribution in [0, 0.1) is 12.8 Å². The van der Waals surface area contributed by atoms with Crippen molar-refractivity contribution in [3.63, 3.8) is 0 Å². The maximum absolute atomic E-state index is 13.3. The van der Waals surface area contributed by atoms with Crippen molar-refractivity contribution in [3.05, 3.63) is 41.7 Å². The number of hydrogen-bond donors (Lipinski definition) is 0. The number of benzene rings is 1. The Hall–Kier alpha value is -2.83. The summed E-state index contributed by atoms with van der Waals surface area (Å²) in [5, 5.41) is 0. The van der Waals surface area contributed by atoms with E-state index in [1.807, 2.05) is 36.2 Å². The van der Waals surface area contributed by atoms with E-state index in [-0.39, 0.29) is 11.9 Å². The molecule has 7 heteroatoms. The van der Waals surface area contributed by atoms with Crippen LogP contribution in [-0.2, 0) is 4.79 Å². The highest BCUT2D eigenvalue weighted by molar-refractivity contribution is 6.10. The maximum Gasteiger partial charge on any atom is 0.328 e. The third kappa shape index (κ3) is 2.68. The van der Waals surface area contributed by atoms with Gasteiger partial charge in [0.05, 0.1) is 5.69 Å². The number of urea groups is 1. The van der Waals surface area contributed by atoms with Crippen LogP contribution in [0.5, 0.6) is 0 Å². The fourth-order valence-electron chi connectivity index (χ4n) is 4.06. The van der Waals surface area contributed by atoms with Gasteiger partial charge in [-0.25, -0.2) is 9.79 Å². The maximum atomic E-state index is 13.3. The molecule has 3 aliphatic rings. The van der Waals surface area contributed by atoms with Gasteiger partial charge in [-0.15, -0.1) is 0 Å². The fourth-order valence-corrected chi connectivity index (χ4v) is 4.06. The van der Waals surface area contributed by atoms with Crippen LogP contribution >= 0.6 is 0 Å². The average Bonchev–Trinajstić information content (AvgIpc) is 3.15. The van der Waals surface area contributed by atoms with Gasteiger partial charge >= 0.3 is 6.03 Å². The molecule has 2 atom stereocenters. The van der Waals surface area contributed by atoms with Crippen molar-refractivity contribution in [1.29, 1.82) is 0 Å². The van der Waals surface area contributed by atoms with Crippen molar-refractivity contribution in [2.24, 2.45) is 10.9 Å². The summed E-state index contributed by atoms with van der Waals surface area (Å²) in [6.45, 7) is 8.70. The number of guanidine groups is 1. The molecule has 7 nitrogen and oxygen atoms in total. The first-order valence-corrected chi connectivity index (χ1v) is 9.79. The van der Waals surface area contributed by atoms with Crippen LogP contribution in [-0.4, -0.2) is 58.4 Å². The molecule has 28 heavy (non-hydrogen) atoms. The SMILES string of the molecule is CC1=CN2C(=NC3C2C(=O)N(CCC(C)C)C(=O)N3C)N1c1ccccc1C. The highest BCUT2D eigenvalue weighted by Gasteiger charge is 2.54. The zero-order valence-electron chi connectivity index (χ0n) is 17.1. The van der Waals surface area contributed by atoms with Crippen molar-refractivity contribution >= 4 is 23.6 Å². The molecule has 1 saturated heterocycles. The number of aryl methyl sites for hydroxylation is 1. The predicted molar refractivity (Wildman–Crippen MR) is 109 cm³/mol. The van der Waals surface area contributed by atoms with E-state index < -0.39 is 12.2 Å². The summed E-state index contributed by atoms with van der Waals surface area (Å²) in [6.07, 6.45) is 2.26. The molecule has 3 amide bonds. The topological polar surface area (TPSA) is 59.5 Å². The molecule has 0 spiro atoms. The number of amides is 3. The molecule has 0 saturated carbocycles. The number of carbonyl (C=O) groups is 2. The van der Waals surface area contributed by atoms with Gasteiger partial charge in [0.2, 0.25) is 5.96 Å². The molecule has 0 bridgehead atoms. The van der Waals surface area contributed by atoms with Crippen LogP contribution in [0.2, 0.25) is 0 Å². The molecule has 1 fully saturated rings. The smallest absolute Gasteiger partial charge is 0.302 e. The average molecular weight is 381 g/mol. The lowest BCUT2D eigenvalue weighted by Crippen LogP contribution is -2.64. The van der Waals surface area contributed by atoms with Crippen LogP contribution in [0.4, 0.5) is 10.5 Å². The molecular weight excluding hydrogens is 354 g/mol. The molecule has 2 unspecified atom stereocenters. The van der Waals surface area contributed by atoms with Crippen molar-refractivity contribution in [2.75, 3.05) is 18.5 Å². The monoisotopic (exact) mass is 381 g/mol. The van der Waals surface area contributed by atoms with Crippen molar-refractivity contribution in [3.8, 4) is 0 Å². The lowest BCUT2D eigenvalue weighted by molar-refractivity contribution is -0.136. The second kappa shape index (κ2) is 6.65. The van der Waals surface area contributed by atoms with E-state index in [9.17, 15) is 9.59 Å². The zero-order chi connectivity index (χ0) is 20.2. The molecule has 1 aromatic rings. The van der Waals surface area contributed by atoms with E-state index in [1.165, 1.54) is 4.90 Å². The quantitative estimate of drug-likeness (QED) is 0.805. The first kappa shape index (κ1) is 18.5. The fraction of sp³-hybridized carbons (Fsp3) is 0.476. The second-order valence-electron chi connectivity index (χ2n) is 8.15. The van der Waals surface area contributed by atoms with Crippen LogP contribution in [0.25, 0.3) is 0 Å². The largest absolute Gasteiger partial charge is 0.328 e. The van der Waals surface area contributed by atoms with Crippen LogP contribution in [0.15, 0.2) is 41.2 Å². The normalized spacial score (nSPS) is 24.1. The molecule has 4 rings (SSSR count). The number of carbonyl (C=O) groups excluding carboxylic acids is 2. The van der Waals surface area contributed by atoms with Gasteiger partial charge in [0, 0.05) is 25.5 Å². The number of fused-ring (bicyclic) bond motifs is 3. The van der Waals surface area contributed by atoms with Crippen molar-refractivity contribution in [2.45, 2.75) is 46.3 Å². The number of aliphatic imine (C=N–C) groups is 1. The Labute approximate surface area is 165 Å². The summed E-state index contributed by atoms with van der Waals surface area (Å²) in [5.74, 6) is 0.966. The molecule has 0 radical (unpaired) electrons. The van der Waals surface area contributed by atoms with Crippen LogP contribution < -0.4 is 4.90 Å². The highest BCUT2D eigenvalue weighted by atomic mass is 16.2. The number of allylic oxidation sites excluding steroid dienone is 1. The zero-order valence-corrected chi connectivity index (χ0v) is 17.1. The van der Waals surface area contributed by atoms with Crippen molar-refractivity contribution in [1.82, 2.24) is 14.7 Å². The Balaban J connectivity index is 1.68. The number of anilines is 1. The summed E-state index contributed by atoms with van der Waals surface area (Å²) in [5.41, 5.74) is 3.17. The van der Waals surface area contributed by atoms with Gasteiger partial charge < -0.3 is 9.80 Å².